The summed E-state index contributed by atoms with van der Waals surface area (Å²) in [5.74, 6) is 1.09. The van der Waals surface area contributed by atoms with Crippen LogP contribution in [-0.2, 0) is 4.79 Å². The van der Waals surface area contributed by atoms with Crippen molar-refractivity contribution < 1.29 is 14.3 Å². The molecule has 6 nitrogen and oxygen atoms in total. The first-order valence-corrected chi connectivity index (χ1v) is 7.42. The van der Waals surface area contributed by atoms with Crippen molar-refractivity contribution in [1.29, 1.82) is 0 Å². The molecule has 0 saturated heterocycles. The van der Waals surface area contributed by atoms with Crippen LogP contribution in [0.3, 0.4) is 0 Å². The molecule has 2 heterocycles. The molecule has 2 aromatic rings. The van der Waals surface area contributed by atoms with Crippen LogP contribution in [0.1, 0.15) is 6.92 Å². The Balaban J connectivity index is 1.77. The summed E-state index contributed by atoms with van der Waals surface area (Å²) >= 11 is 1.38. The predicted octanol–water partition coefficient (Wildman–Crippen LogP) is 2.07. The fourth-order valence-corrected chi connectivity index (χ4v) is 2.58. The first-order valence-electron chi connectivity index (χ1n) is 6.54. The van der Waals surface area contributed by atoms with Gasteiger partial charge in [-0.05, 0) is 18.2 Å². The lowest BCUT2D eigenvalue weighted by molar-refractivity contribution is -0.119. The Morgan fingerprint density at radius 1 is 1.48 bits per heavy atom. The third-order valence-corrected chi connectivity index (χ3v) is 3.96. The van der Waals surface area contributed by atoms with Gasteiger partial charge in [-0.15, -0.1) is 11.3 Å². The Morgan fingerprint density at radius 3 is 3.10 bits per heavy atom. The smallest absolute Gasteiger partial charge is 0.231 e. The van der Waals surface area contributed by atoms with Gasteiger partial charge in [-0.25, -0.2) is 4.98 Å². The average Bonchev–Trinajstić information content (AvgIpc) is 3.14. The maximum absolute atomic E-state index is 11.8. The minimum absolute atomic E-state index is 0.121. The Morgan fingerprint density at radius 2 is 2.29 bits per heavy atom. The van der Waals surface area contributed by atoms with E-state index in [0.29, 0.717) is 17.4 Å². The molecule has 1 aromatic carbocycles. The van der Waals surface area contributed by atoms with Gasteiger partial charge in [0.2, 0.25) is 12.7 Å². The van der Waals surface area contributed by atoms with Crippen molar-refractivity contribution in [3.8, 4) is 22.8 Å². The highest BCUT2D eigenvalue weighted by Gasteiger charge is 2.16. The van der Waals surface area contributed by atoms with Gasteiger partial charge in [0.1, 0.15) is 0 Å². The maximum atomic E-state index is 11.8. The van der Waals surface area contributed by atoms with Crippen molar-refractivity contribution in [2.24, 2.45) is 11.7 Å². The van der Waals surface area contributed by atoms with Crippen LogP contribution in [0.2, 0.25) is 0 Å². The minimum atomic E-state index is -0.233. The van der Waals surface area contributed by atoms with E-state index in [1.165, 1.54) is 11.3 Å². The van der Waals surface area contributed by atoms with E-state index in [9.17, 15) is 4.79 Å². The lowest BCUT2D eigenvalue weighted by Gasteiger charge is -2.06. The van der Waals surface area contributed by atoms with Crippen LogP contribution >= 0.6 is 11.3 Å². The molecule has 1 amide bonds. The molecule has 21 heavy (non-hydrogen) atoms. The van der Waals surface area contributed by atoms with Crippen LogP contribution < -0.4 is 20.5 Å². The van der Waals surface area contributed by atoms with Crippen LogP contribution in [-0.4, -0.2) is 24.2 Å². The summed E-state index contributed by atoms with van der Waals surface area (Å²) in [6, 6.07) is 5.65. The lowest BCUT2D eigenvalue weighted by atomic mass is 10.1. The van der Waals surface area contributed by atoms with Gasteiger partial charge in [-0.2, -0.15) is 0 Å². The molecular weight excluding hydrogens is 290 g/mol. The second-order valence-electron chi connectivity index (χ2n) is 4.73. The largest absolute Gasteiger partial charge is 0.454 e. The molecule has 0 fully saturated rings. The molecule has 0 saturated carbocycles. The standard InChI is InChI=1S/C14H15N3O3S/c1-8(5-15)13(18)17-14-16-10(6-21-14)9-2-3-11-12(4-9)20-7-19-11/h2-4,6,8H,5,7,15H2,1H3,(H,16,17,18). The molecular formula is C14H15N3O3S. The second kappa shape index (κ2) is 5.71. The SMILES string of the molecule is CC(CN)C(=O)Nc1nc(-c2ccc3c(c2)OCO3)cs1. The molecule has 0 aliphatic carbocycles. The number of carbonyl (C=O) groups excluding carboxylic acids is 1. The first-order chi connectivity index (χ1) is 10.2. The van der Waals surface area contributed by atoms with Gasteiger partial charge < -0.3 is 20.5 Å². The van der Waals surface area contributed by atoms with Crippen molar-refractivity contribution in [1.82, 2.24) is 4.98 Å². The summed E-state index contributed by atoms with van der Waals surface area (Å²) in [5, 5.41) is 5.22. The van der Waals surface area contributed by atoms with E-state index in [0.717, 1.165) is 17.0 Å². The van der Waals surface area contributed by atoms with Crippen molar-refractivity contribution in [2.75, 3.05) is 18.7 Å². The van der Waals surface area contributed by atoms with Gasteiger partial charge >= 0.3 is 0 Å². The van der Waals surface area contributed by atoms with Crippen molar-refractivity contribution >= 4 is 22.4 Å². The average molecular weight is 305 g/mol. The number of ether oxygens (including phenoxy) is 2. The number of rotatable bonds is 4. The molecule has 3 N–H and O–H groups in total. The molecule has 0 spiro atoms. The molecule has 0 radical (unpaired) electrons. The van der Waals surface area contributed by atoms with E-state index in [-0.39, 0.29) is 18.6 Å². The number of benzene rings is 1. The van der Waals surface area contributed by atoms with Gasteiger partial charge in [0.25, 0.3) is 0 Å². The summed E-state index contributed by atoms with van der Waals surface area (Å²) in [5.41, 5.74) is 7.18. The number of amides is 1. The lowest BCUT2D eigenvalue weighted by Crippen LogP contribution is -2.26. The number of carbonyl (C=O) groups is 1. The molecule has 110 valence electrons. The summed E-state index contributed by atoms with van der Waals surface area (Å²) in [4.78, 5) is 16.2. The number of aromatic nitrogens is 1. The molecule has 1 aliphatic rings. The number of fused-ring (bicyclic) bond motifs is 1. The van der Waals surface area contributed by atoms with E-state index < -0.39 is 0 Å². The third-order valence-electron chi connectivity index (χ3n) is 3.20. The zero-order valence-electron chi connectivity index (χ0n) is 11.5. The number of hydrogen-bond acceptors (Lipinski definition) is 6. The Labute approximate surface area is 125 Å². The molecule has 1 unspecified atom stereocenters. The quantitative estimate of drug-likeness (QED) is 0.903. The van der Waals surface area contributed by atoms with Crippen LogP contribution in [0.4, 0.5) is 5.13 Å². The fraction of sp³-hybridized carbons (Fsp3) is 0.286. The van der Waals surface area contributed by atoms with Crippen LogP contribution in [0.15, 0.2) is 23.6 Å². The maximum Gasteiger partial charge on any atom is 0.231 e. The van der Waals surface area contributed by atoms with Crippen LogP contribution in [0.25, 0.3) is 11.3 Å². The number of nitrogens with one attached hydrogen (secondary N) is 1. The Kier molecular flexibility index (Phi) is 3.76. The molecule has 1 aliphatic heterocycles. The predicted molar refractivity (Wildman–Crippen MR) is 80.5 cm³/mol. The van der Waals surface area contributed by atoms with Gasteiger partial charge in [0, 0.05) is 23.4 Å². The van der Waals surface area contributed by atoms with Gasteiger partial charge in [0.05, 0.1) is 5.69 Å². The van der Waals surface area contributed by atoms with Crippen LogP contribution in [0.5, 0.6) is 11.5 Å². The van der Waals surface area contributed by atoms with Crippen molar-refractivity contribution in [2.45, 2.75) is 6.92 Å². The topological polar surface area (TPSA) is 86.5 Å². The molecule has 0 bridgehead atoms. The van der Waals surface area contributed by atoms with E-state index in [1.807, 2.05) is 23.6 Å². The summed E-state index contributed by atoms with van der Waals surface area (Å²) in [6.45, 7) is 2.34. The van der Waals surface area contributed by atoms with E-state index >= 15 is 0 Å². The summed E-state index contributed by atoms with van der Waals surface area (Å²) < 4.78 is 10.6. The molecule has 1 atom stereocenters. The number of thiazole rings is 1. The highest BCUT2D eigenvalue weighted by Crippen LogP contribution is 2.36. The highest BCUT2D eigenvalue weighted by atomic mass is 32.1. The number of anilines is 1. The third kappa shape index (κ3) is 2.84. The monoisotopic (exact) mass is 305 g/mol. The van der Waals surface area contributed by atoms with E-state index in [2.05, 4.69) is 10.3 Å². The Bertz CT molecular complexity index is 671. The van der Waals surface area contributed by atoms with Crippen molar-refractivity contribution in [3.63, 3.8) is 0 Å². The summed E-state index contributed by atoms with van der Waals surface area (Å²) in [7, 11) is 0. The second-order valence-corrected chi connectivity index (χ2v) is 5.59. The molecule has 7 heteroatoms. The minimum Gasteiger partial charge on any atom is -0.454 e. The number of hydrogen-bond donors (Lipinski definition) is 2. The highest BCUT2D eigenvalue weighted by molar-refractivity contribution is 7.14. The first kappa shape index (κ1) is 13.8. The van der Waals surface area contributed by atoms with Crippen molar-refractivity contribution in [3.05, 3.63) is 23.6 Å². The van der Waals surface area contributed by atoms with Crippen LogP contribution in [0, 0.1) is 5.92 Å². The number of nitrogens with two attached hydrogens (primary N) is 1. The Hall–Kier alpha value is -2.12. The van der Waals surface area contributed by atoms with Gasteiger partial charge in [-0.3, -0.25) is 4.79 Å². The van der Waals surface area contributed by atoms with Gasteiger partial charge in [0.15, 0.2) is 16.6 Å². The zero-order valence-corrected chi connectivity index (χ0v) is 12.3. The van der Waals surface area contributed by atoms with Gasteiger partial charge in [-0.1, -0.05) is 6.92 Å². The fourth-order valence-electron chi connectivity index (χ4n) is 1.86. The normalized spacial score (nSPS) is 14.0. The summed E-state index contributed by atoms with van der Waals surface area (Å²) in [6.07, 6.45) is 0. The molecule has 3 rings (SSSR count). The van der Waals surface area contributed by atoms with E-state index in [1.54, 1.807) is 6.92 Å². The van der Waals surface area contributed by atoms with E-state index in [4.69, 9.17) is 15.2 Å². The molecule has 1 aromatic heterocycles. The zero-order chi connectivity index (χ0) is 14.8. The number of nitrogens with zero attached hydrogens (tertiary/aromatic N) is 1.